The maximum Gasteiger partial charge on any atom is 0.331 e. The Morgan fingerprint density at radius 1 is 1.23 bits per heavy atom. The molecule has 2 amide bonds. The molecule has 2 N–H and O–H groups in total. The smallest absolute Gasteiger partial charge is 0.331 e. The van der Waals surface area contributed by atoms with Gasteiger partial charge in [0.1, 0.15) is 0 Å². The van der Waals surface area contributed by atoms with Gasteiger partial charge >= 0.3 is 5.97 Å². The molecular formula is C19H20N2O4S. The van der Waals surface area contributed by atoms with Gasteiger partial charge in [-0.05, 0) is 35.4 Å². The number of carbonyl (C=O) groups excluding carboxylic acids is 2. The summed E-state index contributed by atoms with van der Waals surface area (Å²) in [6.07, 6.45) is 1.33. The molecule has 1 aromatic carbocycles. The van der Waals surface area contributed by atoms with Crippen molar-refractivity contribution in [1.29, 1.82) is 0 Å². The number of hydrogen-bond donors (Lipinski definition) is 2. The molecular weight excluding hydrogens is 352 g/mol. The molecule has 136 valence electrons. The van der Waals surface area contributed by atoms with Gasteiger partial charge in [-0.25, -0.2) is 4.79 Å². The van der Waals surface area contributed by atoms with Crippen LogP contribution in [-0.4, -0.2) is 40.9 Å². The Hall–Kier alpha value is -2.67. The van der Waals surface area contributed by atoms with Crippen molar-refractivity contribution >= 4 is 29.1 Å². The third kappa shape index (κ3) is 3.94. The fraction of sp³-hybridized carbons (Fsp3) is 0.316. The molecule has 7 heteroatoms. The highest BCUT2D eigenvalue weighted by Crippen LogP contribution is 2.30. The minimum Gasteiger partial charge on any atom is -0.479 e. The van der Waals surface area contributed by atoms with E-state index in [4.69, 9.17) is 0 Å². The van der Waals surface area contributed by atoms with E-state index in [0.717, 1.165) is 5.56 Å². The van der Waals surface area contributed by atoms with Crippen molar-refractivity contribution in [3.8, 4) is 0 Å². The average Bonchev–Trinajstić information content (AvgIpc) is 3.18. The van der Waals surface area contributed by atoms with Crippen LogP contribution in [0.4, 0.5) is 0 Å². The van der Waals surface area contributed by atoms with Gasteiger partial charge in [0, 0.05) is 30.5 Å². The molecule has 2 aromatic rings. The summed E-state index contributed by atoms with van der Waals surface area (Å²) in [5.74, 6) is -1.37. The summed E-state index contributed by atoms with van der Waals surface area (Å²) in [5.41, 5.74) is 2.28. The number of thiophene rings is 1. The van der Waals surface area contributed by atoms with Crippen LogP contribution >= 0.6 is 11.3 Å². The Balaban J connectivity index is 1.56. The number of aliphatic carboxylic acids is 1. The van der Waals surface area contributed by atoms with E-state index in [0.29, 0.717) is 37.1 Å². The molecule has 1 unspecified atom stereocenters. The Labute approximate surface area is 155 Å². The number of nitrogens with zero attached hydrogens (tertiary/aromatic N) is 1. The first-order valence-electron chi connectivity index (χ1n) is 8.48. The van der Waals surface area contributed by atoms with Crippen LogP contribution in [0.25, 0.3) is 0 Å². The summed E-state index contributed by atoms with van der Waals surface area (Å²) >= 11 is 1.45. The minimum atomic E-state index is -1.02. The van der Waals surface area contributed by atoms with E-state index in [-0.39, 0.29) is 18.2 Å². The molecule has 2 heterocycles. The predicted molar refractivity (Wildman–Crippen MR) is 98.1 cm³/mol. The number of benzene rings is 1. The Bertz CT molecular complexity index is 804. The maximum atomic E-state index is 12.5. The molecule has 0 spiro atoms. The van der Waals surface area contributed by atoms with E-state index in [9.17, 15) is 19.5 Å². The van der Waals surface area contributed by atoms with Crippen LogP contribution in [0.2, 0.25) is 0 Å². The highest BCUT2D eigenvalue weighted by Gasteiger charge is 2.35. The van der Waals surface area contributed by atoms with E-state index in [1.807, 2.05) is 17.5 Å². The number of rotatable bonds is 6. The summed E-state index contributed by atoms with van der Waals surface area (Å²) < 4.78 is 0. The first-order chi connectivity index (χ1) is 12.6. The molecule has 6 nitrogen and oxygen atoms in total. The molecule has 1 aromatic heterocycles. The highest BCUT2D eigenvalue weighted by molar-refractivity contribution is 7.08. The second-order valence-electron chi connectivity index (χ2n) is 6.15. The number of nitrogens with one attached hydrogen (secondary N) is 1. The topological polar surface area (TPSA) is 86.7 Å². The Kier molecular flexibility index (Phi) is 5.68. The van der Waals surface area contributed by atoms with Gasteiger partial charge in [0.2, 0.25) is 5.91 Å². The lowest BCUT2D eigenvalue weighted by atomic mass is 9.92. The van der Waals surface area contributed by atoms with Crippen LogP contribution in [0, 0.1) is 0 Å². The van der Waals surface area contributed by atoms with Crippen molar-refractivity contribution in [2.24, 2.45) is 0 Å². The van der Waals surface area contributed by atoms with E-state index < -0.39 is 12.0 Å². The normalized spacial score (nSPS) is 16.0. The molecule has 1 atom stereocenters. The number of hydrogen-bond acceptors (Lipinski definition) is 4. The fourth-order valence-electron chi connectivity index (χ4n) is 3.18. The number of carbonyl (C=O) groups is 3. The van der Waals surface area contributed by atoms with Gasteiger partial charge in [0.25, 0.3) is 5.91 Å². The summed E-state index contributed by atoms with van der Waals surface area (Å²) in [7, 11) is 0. The standard InChI is InChI=1S/C19H20N2O4S/c22-16(6-3-9-20-18(23)14-8-11-26-12-14)21-10-7-13-4-1-2-5-15(13)17(21)19(24)25/h1-2,4-5,8,11-12,17H,3,6-7,9-10H2,(H,20,23)(H,24,25). The average molecular weight is 372 g/mol. The van der Waals surface area contributed by atoms with Crippen LogP contribution in [0.3, 0.4) is 0 Å². The fourth-order valence-corrected chi connectivity index (χ4v) is 3.82. The second-order valence-corrected chi connectivity index (χ2v) is 6.93. The first-order valence-corrected chi connectivity index (χ1v) is 9.42. The third-order valence-electron chi connectivity index (χ3n) is 4.47. The van der Waals surface area contributed by atoms with Crippen molar-refractivity contribution in [1.82, 2.24) is 10.2 Å². The molecule has 0 saturated heterocycles. The molecule has 0 saturated carbocycles. The van der Waals surface area contributed by atoms with Crippen molar-refractivity contribution in [3.63, 3.8) is 0 Å². The quantitative estimate of drug-likeness (QED) is 0.763. The molecule has 1 aliphatic rings. The molecule has 26 heavy (non-hydrogen) atoms. The lowest BCUT2D eigenvalue weighted by molar-refractivity contribution is -0.151. The van der Waals surface area contributed by atoms with Crippen molar-refractivity contribution in [2.75, 3.05) is 13.1 Å². The number of fused-ring (bicyclic) bond motifs is 1. The highest BCUT2D eigenvalue weighted by atomic mass is 32.1. The molecule has 3 rings (SSSR count). The van der Waals surface area contributed by atoms with Gasteiger partial charge in [-0.3, -0.25) is 9.59 Å². The van der Waals surface area contributed by atoms with E-state index in [1.165, 1.54) is 16.2 Å². The van der Waals surface area contributed by atoms with Crippen LogP contribution in [-0.2, 0) is 16.0 Å². The SMILES string of the molecule is O=C(NCCCC(=O)N1CCc2ccccc2C1C(=O)O)c1ccsc1. The van der Waals surface area contributed by atoms with Gasteiger partial charge < -0.3 is 15.3 Å². The monoisotopic (exact) mass is 372 g/mol. The van der Waals surface area contributed by atoms with Gasteiger partial charge in [-0.15, -0.1) is 0 Å². The van der Waals surface area contributed by atoms with Gasteiger partial charge in [-0.1, -0.05) is 24.3 Å². The van der Waals surface area contributed by atoms with Gasteiger partial charge in [0.05, 0.1) is 0 Å². The minimum absolute atomic E-state index is 0.158. The summed E-state index contributed by atoms with van der Waals surface area (Å²) in [6, 6.07) is 8.16. The van der Waals surface area contributed by atoms with E-state index in [2.05, 4.69) is 5.32 Å². The van der Waals surface area contributed by atoms with E-state index in [1.54, 1.807) is 23.6 Å². The number of carboxylic acid groups (broad SMARTS) is 1. The first kappa shape index (κ1) is 18.1. The van der Waals surface area contributed by atoms with Crippen molar-refractivity contribution in [2.45, 2.75) is 25.3 Å². The number of carboxylic acids is 1. The van der Waals surface area contributed by atoms with Crippen LogP contribution < -0.4 is 5.32 Å². The van der Waals surface area contributed by atoms with Crippen molar-refractivity contribution < 1.29 is 19.5 Å². The van der Waals surface area contributed by atoms with Gasteiger partial charge in [-0.2, -0.15) is 11.3 Å². The number of amides is 2. The second kappa shape index (κ2) is 8.14. The molecule has 0 fully saturated rings. The van der Waals surface area contributed by atoms with Crippen LogP contribution in [0.15, 0.2) is 41.1 Å². The van der Waals surface area contributed by atoms with Gasteiger partial charge in [0.15, 0.2) is 6.04 Å². The van der Waals surface area contributed by atoms with Crippen molar-refractivity contribution in [3.05, 3.63) is 57.8 Å². The third-order valence-corrected chi connectivity index (χ3v) is 5.16. The van der Waals surface area contributed by atoms with E-state index >= 15 is 0 Å². The maximum absolute atomic E-state index is 12.5. The lowest BCUT2D eigenvalue weighted by Crippen LogP contribution is -2.43. The lowest BCUT2D eigenvalue weighted by Gasteiger charge is -2.34. The zero-order chi connectivity index (χ0) is 18.5. The largest absolute Gasteiger partial charge is 0.479 e. The molecule has 0 aliphatic carbocycles. The predicted octanol–water partition coefficient (Wildman–Crippen LogP) is 2.47. The zero-order valence-corrected chi connectivity index (χ0v) is 15.0. The molecule has 1 aliphatic heterocycles. The Morgan fingerprint density at radius 3 is 2.77 bits per heavy atom. The summed E-state index contributed by atoms with van der Waals surface area (Å²) in [6.45, 7) is 0.774. The Morgan fingerprint density at radius 2 is 2.04 bits per heavy atom. The zero-order valence-electron chi connectivity index (χ0n) is 14.2. The van der Waals surface area contributed by atoms with Crippen LogP contribution in [0.1, 0.15) is 40.4 Å². The molecule has 0 radical (unpaired) electrons. The molecule has 0 bridgehead atoms. The summed E-state index contributed by atoms with van der Waals surface area (Å²) in [5, 5.41) is 16.0. The van der Waals surface area contributed by atoms with Crippen LogP contribution in [0.5, 0.6) is 0 Å². The summed E-state index contributed by atoms with van der Waals surface area (Å²) in [4.78, 5) is 37.6.